The highest BCUT2D eigenvalue weighted by atomic mass is 35.5. The minimum atomic E-state index is -0.0615. The van der Waals surface area contributed by atoms with Crippen LogP contribution in [-0.2, 0) is 11.3 Å². The molecular weight excluding hydrogens is 389 g/mol. The molecule has 0 spiro atoms. The van der Waals surface area contributed by atoms with Crippen molar-refractivity contribution in [3.05, 3.63) is 76.3 Å². The number of benzene rings is 2. The third-order valence-electron chi connectivity index (χ3n) is 3.53. The van der Waals surface area contributed by atoms with E-state index in [4.69, 9.17) is 23.2 Å². The maximum Gasteiger partial charge on any atom is 0.230 e. The minimum absolute atomic E-state index is 0.0615. The quantitative estimate of drug-likeness (QED) is 0.597. The molecule has 0 radical (unpaired) electrons. The molecule has 0 aliphatic heterocycles. The van der Waals surface area contributed by atoms with Crippen molar-refractivity contribution in [3.8, 4) is 11.3 Å². The molecule has 0 atom stereocenters. The SMILES string of the molecule is O=C(CSc1ccc(-c2ccc(Cl)cc2)nn1)NCc1ccc(Cl)cc1. The Hall–Kier alpha value is -2.08. The van der Waals surface area contributed by atoms with Crippen LogP contribution >= 0.6 is 35.0 Å². The van der Waals surface area contributed by atoms with Crippen LogP contribution in [-0.4, -0.2) is 21.9 Å². The summed E-state index contributed by atoms with van der Waals surface area (Å²) in [5, 5.41) is 13.3. The van der Waals surface area contributed by atoms with E-state index in [9.17, 15) is 4.79 Å². The molecule has 132 valence electrons. The number of carbonyl (C=O) groups is 1. The second-order valence-corrected chi connectivity index (χ2v) is 7.32. The number of aromatic nitrogens is 2. The fourth-order valence-corrected chi connectivity index (χ4v) is 3.06. The molecule has 0 saturated heterocycles. The summed E-state index contributed by atoms with van der Waals surface area (Å²) in [6.45, 7) is 0.470. The van der Waals surface area contributed by atoms with Crippen LogP contribution in [0.25, 0.3) is 11.3 Å². The van der Waals surface area contributed by atoms with Crippen molar-refractivity contribution in [2.45, 2.75) is 11.6 Å². The van der Waals surface area contributed by atoms with Gasteiger partial charge in [-0.3, -0.25) is 4.79 Å². The standard InChI is InChI=1S/C19H15Cl2N3OS/c20-15-5-1-13(2-6-15)11-22-18(25)12-26-19-10-9-17(23-24-19)14-3-7-16(21)8-4-14/h1-10H,11-12H2,(H,22,25). The number of halogens is 2. The summed E-state index contributed by atoms with van der Waals surface area (Å²) < 4.78 is 0. The normalized spacial score (nSPS) is 10.5. The maximum atomic E-state index is 12.0. The fourth-order valence-electron chi connectivity index (χ4n) is 2.17. The summed E-state index contributed by atoms with van der Waals surface area (Å²) in [4.78, 5) is 12.0. The van der Waals surface area contributed by atoms with Crippen molar-refractivity contribution in [1.29, 1.82) is 0 Å². The Kier molecular flexibility index (Phi) is 6.50. The zero-order chi connectivity index (χ0) is 18.4. The Morgan fingerprint density at radius 1 is 0.885 bits per heavy atom. The zero-order valence-corrected chi connectivity index (χ0v) is 16.0. The van der Waals surface area contributed by atoms with Gasteiger partial charge in [-0.15, -0.1) is 10.2 Å². The number of hydrogen-bond donors (Lipinski definition) is 1. The molecule has 0 unspecified atom stereocenters. The van der Waals surface area contributed by atoms with Gasteiger partial charge in [0.2, 0.25) is 5.91 Å². The first-order chi connectivity index (χ1) is 12.6. The van der Waals surface area contributed by atoms with Gasteiger partial charge in [-0.25, -0.2) is 0 Å². The topological polar surface area (TPSA) is 54.9 Å². The molecule has 4 nitrogen and oxygen atoms in total. The molecule has 1 heterocycles. The van der Waals surface area contributed by atoms with E-state index >= 15 is 0 Å². The lowest BCUT2D eigenvalue weighted by Gasteiger charge is -2.05. The molecule has 0 aliphatic rings. The van der Waals surface area contributed by atoms with E-state index in [0.717, 1.165) is 16.8 Å². The van der Waals surface area contributed by atoms with E-state index in [1.54, 1.807) is 12.1 Å². The summed E-state index contributed by atoms with van der Waals surface area (Å²) in [6.07, 6.45) is 0. The number of carbonyl (C=O) groups excluding carboxylic acids is 1. The van der Waals surface area contributed by atoms with Crippen LogP contribution in [0.3, 0.4) is 0 Å². The van der Waals surface area contributed by atoms with Gasteiger partial charge < -0.3 is 5.32 Å². The Bertz CT molecular complexity index is 869. The smallest absolute Gasteiger partial charge is 0.230 e. The Morgan fingerprint density at radius 2 is 1.54 bits per heavy atom. The summed E-state index contributed by atoms with van der Waals surface area (Å²) in [5.41, 5.74) is 2.71. The van der Waals surface area contributed by atoms with Crippen LogP contribution in [0.1, 0.15) is 5.56 Å². The van der Waals surface area contributed by atoms with Gasteiger partial charge in [-0.1, -0.05) is 59.2 Å². The number of thioether (sulfide) groups is 1. The van der Waals surface area contributed by atoms with Gasteiger partial charge in [0.05, 0.1) is 11.4 Å². The number of amides is 1. The molecule has 0 aliphatic carbocycles. The van der Waals surface area contributed by atoms with Crippen molar-refractivity contribution in [3.63, 3.8) is 0 Å². The second kappa shape index (κ2) is 9.03. The van der Waals surface area contributed by atoms with Crippen molar-refractivity contribution < 1.29 is 4.79 Å². The highest BCUT2D eigenvalue weighted by Crippen LogP contribution is 2.21. The largest absolute Gasteiger partial charge is 0.351 e. The predicted molar refractivity (Wildman–Crippen MR) is 107 cm³/mol. The minimum Gasteiger partial charge on any atom is -0.351 e. The highest BCUT2D eigenvalue weighted by Gasteiger charge is 2.06. The van der Waals surface area contributed by atoms with Crippen LogP contribution < -0.4 is 5.32 Å². The third-order valence-corrected chi connectivity index (χ3v) is 4.96. The van der Waals surface area contributed by atoms with Crippen LogP contribution in [0.2, 0.25) is 10.0 Å². The number of nitrogens with zero attached hydrogens (tertiary/aromatic N) is 2. The highest BCUT2D eigenvalue weighted by molar-refractivity contribution is 7.99. The Labute approximate surface area is 165 Å². The average Bonchev–Trinajstić information content (AvgIpc) is 2.67. The van der Waals surface area contributed by atoms with E-state index in [-0.39, 0.29) is 11.7 Å². The molecule has 1 aromatic heterocycles. The van der Waals surface area contributed by atoms with Crippen molar-refractivity contribution in [1.82, 2.24) is 15.5 Å². The third kappa shape index (κ3) is 5.46. The first-order valence-electron chi connectivity index (χ1n) is 7.84. The molecule has 3 rings (SSSR count). The molecule has 3 aromatic rings. The Morgan fingerprint density at radius 3 is 2.15 bits per heavy atom. The van der Waals surface area contributed by atoms with Crippen molar-refractivity contribution in [2.75, 3.05) is 5.75 Å². The number of hydrogen-bond acceptors (Lipinski definition) is 4. The predicted octanol–water partition coefficient (Wildman–Crippen LogP) is 4.86. The Balaban J connectivity index is 1.49. The molecule has 0 saturated carbocycles. The molecule has 0 bridgehead atoms. The zero-order valence-electron chi connectivity index (χ0n) is 13.7. The van der Waals surface area contributed by atoms with Gasteiger partial charge in [-0.2, -0.15) is 0 Å². The van der Waals surface area contributed by atoms with Gasteiger partial charge in [-0.05, 0) is 42.0 Å². The summed E-state index contributed by atoms with van der Waals surface area (Å²) in [6, 6.07) is 18.5. The number of rotatable bonds is 6. The molecule has 1 amide bonds. The first kappa shape index (κ1) is 18.7. The second-order valence-electron chi connectivity index (χ2n) is 5.46. The van der Waals surface area contributed by atoms with Gasteiger partial charge >= 0.3 is 0 Å². The summed E-state index contributed by atoms with van der Waals surface area (Å²) in [7, 11) is 0. The molecule has 7 heteroatoms. The van der Waals surface area contributed by atoms with Gasteiger partial charge in [0, 0.05) is 22.2 Å². The van der Waals surface area contributed by atoms with E-state index in [1.165, 1.54) is 11.8 Å². The van der Waals surface area contributed by atoms with Crippen LogP contribution in [0.4, 0.5) is 0 Å². The molecular formula is C19H15Cl2N3OS. The lowest BCUT2D eigenvalue weighted by atomic mass is 10.1. The maximum absolute atomic E-state index is 12.0. The van der Waals surface area contributed by atoms with E-state index in [2.05, 4.69) is 15.5 Å². The van der Waals surface area contributed by atoms with E-state index in [0.29, 0.717) is 21.6 Å². The summed E-state index contributed by atoms with van der Waals surface area (Å²) in [5.74, 6) is 0.219. The molecule has 26 heavy (non-hydrogen) atoms. The summed E-state index contributed by atoms with van der Waals surface area (Å²) >= 11 is 13.1. The van der Waals surface area contributed by atoms with Crippen molar-refractivity contribution >= 4 is 40.9 Å². The van der Waals surface area contributed by atoms with E-state index in [1.807, 2.05) is 48.5 Å². The number of nitrogens with one attached hydrogen (secondary N) is 1. The van der Waals surface area contributed by atoms with Gasteiger partial charge in [0.25, 0.3) is 0 Å². The molecule has 1 N–H and O–H groups in total. The van der Waals surface area contributed by atoms with Crippen LogP contribution in [0, 0.1) is 0 Å². The average molecular weight is 404 g/mol. The lowest BCUT2D eigenvalue weighted by molar-refractivity contribution is -0.118. The van der Waals surface area contributed by atoms with Crippen LogP contribution in [0.5, 0.6) is 0 Å². The van der Waals surface area contributed by atoms with Crippen molar-refractivity contribution in [2.24, 2.45) is 0 Å². The first-order valence-corrected chi connectivity index (χ1v) is 9.58. The molecule has 0 fully saturated rings. The van der Waals surface area contributed by atoms with Gasteiger partial charge in [0.15, 0.2) is 0 Å². The van der Waals surface area contributed by atoms with E-state index < -0.39 is 0 Å². The van der Waals surface area contributed by atoms with Gasteiger partial charge in [0.1, 0.15) is 5.03 Å². The molecule has 2 aromatic carbocycles. The fraction of sp³-hybridized carbons (Fsp3) is 0.105. The monoisotopic (exact) mass is 403 g/mol. The van der Waals surface area contributed by atoms with Crippen LogP contribution in [0.15, 0.2) is 65.7 Å². The lowest BCUT2D eigenvalue weighted by Crippen LogP contribution is -2.24.